The Hall–Kier alpha value is -2.50. The van der Waals surface area contributed by atoms with Crippen molar-refractivity contribution in [2.75, 3.05) is 17.2 Å². The number of nitrogens with one attached hydrogen (secondary N) is 2. The van der Waals surface area contributed by atoms with Gasteiger partial charge >= 0.3 is 0 Å². The Balaban J connectivity index is 1.93. The lowest BCUT2D eigenvalue weighted by atomic mass is 10.2. The Morgan fingerprint density at radius 2 is 1.87 bits per heavy atom. The van der Waals surface area contributed by atoms with Crippen LogP contribution in [0.5, 0.6) is 0 Å². The molecule has 1 aromatic heterocycles. The zero-order valence-electron chi connectivity index (χ0n) is 12.9. The predicted octanol–water partition coefficient (Wildman–Crippen LogP) is 4.21. The van der Waals surface area contributed by atoms with Crippen LogP contribution in [0.3, 0.4) is 0 Å². The molecule has 1 heterocycles. The van der Waals surface area contributed by atoms with Gasteiger partial charge in [-0.3, -0.25) is 4.79 Å². The van der Waals surface area contributed by atoms with Crippen molar-refractivity contribution in [1.82, 2.24) is 4.98 Å². The molecule has 0 bridgehead atoms. The number of nitrogens with zero attached hydrogens (tertiary/aromatic N) is 1. The van der Waals surface area contributed by atoms with E-state index in [1.165, 1.54) is 6.07 Å². The number of halogens is 2. The lowest BCUT2D eigenvalue weighted by molar-refractivity contribution is 0.102. The number of anilines is 2. The Bertz CT molecular complexity index is 659. The fourth-order valence-electron chi connectivity index (χ4n) is 2.01. The predicted molar refractivity (Wildman–Crippen MR) is 86.6 cm³/mol. The van der Waals surface area contributed by atoms with E-state index >= 15 is 0 Å². The summed E-state index contributed by atoms with van der Waals surface area (Å²) in [7, 11) is 0. The van der Waals surface area contributed by atoms with Gasteiger partial charge in [-0.1, -0.05) is 19.8 Å². The lowest BCUT2D eigenvalue weighted by Gasteiger charge is -2.07. The average Bonchev–Trinajstić information content (AvgIpc) is 2.55. The van der Waals surface area contributed by atoms with E-state index in [1.807, 2.05) is 0 Å². The van der Waals surface area contributed by atoms with E-state index in [-0.39, 0.29) is 11.4 Å². The molecule has 0 atom stereocenters. The monoisotopic (exact) mass is 319 g/mol. The van der Waals surface area contributed by atoms with E-state index in [0.29, 0.717) is 0 Å². The zero-order chi connectivity index (χ0) is 16.7. The van der Waals surface area contributed by atoms with Crippen molar-refractivity contribution in [3.8, 4) is 0 Å². The minimum atomic E-state index is -1.01. The molecule has 0 saturated carbocycles. The van der Waals surface area contributed by atoms with Gasteiger partial charge in [-0.15, -0.1) is 0 Å². The number of rotatable bonds is 7. The number of aromatic nitrogens is 1. The maximum atomic E-state index is 13.1. The molecule has 0 aliphatic heterocycles. The van der Waals surface area contributed by atoms with E-state index in [4.69, 9.17) is 0 Å². The van der Waals surface area contributed by atoms with Gasteiger partial charge in [0.15, 0.2) is 11.6 Å². The Labute approximate surface area is 133 Å². The molecule has 23 heavy (non-hydrogen) atoms. The molecule has 0 radical (unpaired) electrons. The molecule has 2 N–H and O–H groups in total. The molecule has 0 saturated heterocycles. The molecular formula is C17H19F2N3O. The smallest absolute Gasteiger partial charge is 0.274 e. The first-order valence-corrected chi connectivity index (χ1v) is 7.56. The van der Waals surface area contributed by atoms with Crippen LogP contribution < -0.4 is 10.6 Å². The first-order chi connectivity index (χ1) is 11.1. The minimum Gasteiger partial charge on any atom is -0.384 e. The van der Waals surface area contributed by atoms with Crippen LogP contribution in [-0.4, -0.2) is 17.4 Å². The molecule has 4 nitrogen and oxygen atoms in total. The highest BCUT2D eigenvalue weighted by molar-refractivity contribution is 6.02. The Morgan fingerprint density at radius 1 is 1.09 bits per heavy atom. The maximum Gasteiger partial charge on any atom is 0.274 e. The molecule has 0 spiro atoms. The van der Waals surface area contributed by atoms with Gasteiger partial charge < -0.3 is 10.6 Å². The first kappa shape index (κ1) is 16.9. The summed E-state index contributed by atoms with van der Waals surface area (Å²) in [5, 5.41) is 5.70. The SMILES string of the molecule is CCCCCNc1ccc(C(=O)Nc2ccc(F)c(F)c2)nc1. The third kappa shape index (κ3) is 5.02. The van der Waals surface area contributed by atoms with Crippen molar-refractivity contribution in [3.05, 3.63) is 53.9 Å². The molecule has 2 aromatic rings. The van der Waals surface area contributed by atoms with Crippen molar-refractivity contribution >= 4 is 17.3 Å². The van der Waals surface area contributed by atoms with Gasteiger partial charge in [0.05, 0.1) is 11.9 Å². The summed E-state index contributed by atoms with van der Waals surface area (Å²) >= 11 is 0. The average molecular weight is 319 g/mol. The van der Waals surface area contributed by atoms with E-state index < -0.39 is 17.5 Å². The van der Waals surface area contributed by atoms with E-state index in [9.17, 15) is 13.6 Å². The van der Waals surface area contributed by atoms with Gasteiger partial charge in [0, 0.05) is 18.3 Å². The second-order valence-electron chi connectivity index (χ2n) is 5.15. The summed E-state index contributed by atoms with van der Waals surface area (Å²) in [6, 6.07) is 6.52. The van der Waals surface area contributed by atoms with E-state index in [2.05, 4.69) is 22.5 Å². The molecule has 1 amide bonds. The largest absolute Gasteiger partial charge is 0.384 e. The number of pyridine rings is 1. The van der Waals surface area contributed by atoms with E-state index in [1.54, 1.807) is 18.3 Å². The molecule has 0 aliphatic carbocycles. The number of hydrogen-bond donors (Lipinski definition) is 2. The van der Waals surface area contributed by atoms with Gasteiger partial charge in [-0.05, 0) is 30.7 Å². The molecule has 0 unspecified atom stereocenters. The standard InChI is InChI=1S/C17H19F2N3O/c1-2-3-4-9-20-13-6-8-16(21-11-13)17(23)22-12-5-7-14(18)15(19)10-12/h5-8,10-11,20H,2-4,9H2,1H3,(H,22,23). The van der Waals surface area contributed by atoms with Crippen LogP contribution in [0.15, 0.2) is 36.5 Å². The number of carbonyl (C=O) groups excluding carboxylic acids is 1. The van der Waals surface area contributed by atoms with Crippen LogP contribution in [0.2, 0.25) is 0 Å². The fourth-order valence-corrected chi connectivity index (χ4v) is 2.01. The Kier molecular flexibility index (Phi) is 6.02. The molecule has 2 rings (SSSR count). The fraction of sp³-hybridized carbons (Fsp3) is 0.294. The van der Waals surface area contributed by atoms with Crippen molar-refractivity contribution in [3.63, 3.8) is 0 Å². The van der Waals surface area contributed by atoms with E-state index in [0.717, 1.165) is 43.6 Å². The van der Waals surface area contributed by atoms with Gasteiger partial charge in [0.2, 0.25) is 0 Å². The van der Waals surface area contributed by atoms with Gasteiger partial charge in [-0.25, -0.2) is 13.8 Å². The molecular weight excluding hydrogens is 300 g/mol. The van der Waals surface area contributed by atoms with Crippen LogP contribution in [0.25, 0.3) is 0 Å². The quantitative estimate of drug-likeness (QED) is 0.752. The third-order valence-electron chi connectivity index (χ3n) is 3.28. The van der Waals surface area contributed by atoms with Crippen molar-refractivity contribution in [1.29, 1.82) is 0 Å². The molecule has 0 fully saturated rings. The highest BCUT2D eigenvalue weighted by Crippen LogP contribution is 2.14. The minimum absolute atomic E-state index is 0.178. The van der Waals surface area contributed by atoms with Crippen molar-refractivity contribution < 1.29 is 13.6 Å². The van der Waals surface area contributed by atoms with Gasteiger partial charge in [-0.2, -0.15) is 0 Å². The highest BCUT2D eigenvalue weighted by atomic mass is 19.2. The molecule has 6 heteroatoms. The number of hydrogen-bond acceptors (Lipinski definition) is 3. The van der Waals surface area contributed by atoms with Crippen LogP contribution in [0, 0.1) is 11.6 Å². The first-order valence-electron chi connectivity index (χ1n) is 7.56. The van der Waals surface area contributed by atoms with Crippen LogP contribution in [0.1, 0.15) is 36.7 Å². The lowest BCUT2D eigenvalue weighted by Crippen LogP contribution is -2.14. The third-order valence-corrected chi connectivity index (χ3v) is 3.28. The summed E-state index contributed by atoms with van der Waals surface area (Å²) in [5.41, 5.74) is 1.22. The number of unbranched alkanes of at least 4 members (excludes halogenated alkanes) is 2. The normalized spacial score (nSPS) is 10.4. The van der Waals surface area contributed by atoms with Crippen molar-refractivity contribution in [2.45, 2.75) is 26.2 Å². The number of carbonyl (C=O) groups is 1. The second kappa shape index (κ2) is 8.22. The van der Waals surface area contributed by atoms with Crippen LogP contribution >= 0.6 is 0 Å². The zero-order valence-corrected chi connectivity index (χ0v) is 12.9. The second-order valence-corrected chi connectivity index (χ2v) is 5.15. The molecule has 122 valence electrons. The summed E-state index contributed by atoms with van der Waals surface area (Å²) in [6.07, 6.45) is 4.97. The topological polar surface area (TPSA) is 54.0 Å². The summed E-state index contributed by atoms with van der Waals surface area (Å²) in [6.45, 7) is 3.00. The van der Waals surface area contributed by atoms with Crippen molar-refractivity contribution in [2.24, 2.45) is 0 Å². The van der Waals surface area contributed by atoms with Crippen LogP contribution in [0.4, 0.5) is 20.2 Å². The van der Waals surface area contributed by atoms with Gasteiger partial charge in [0.25, 0.3) is 5.91 Å². The highest BCUT2D eigenvalue weighted by Gasteiger charge is 2.09. The Morgan fingerprint density at radius 3 is 2.52 bits per heavy atom. The summed E-state index contributed by atoms with van der Waals surface area (Å²) < 4.78 is 26.0. The van der Waals surface area contributed by atoms with Gasteiger partial charge in [0.1, 0.15) is 5.69 Å². The molecule has 1 aromatic carbocycles. The number of benzene rings is 1. The number of amides is 1. The molecule has 0 aliphatic rings. The summed E-state index contributed by atoms with van der Waals surface area (Å²) in [4.78, 5) is 16.1. The maximum absolute atomic E-state index is 13.1. The summed E-state index contributed by atoms with van der Waals surface area (Å²) in [5.74, 6) is -2.45. The van der Waals surface area contributed by atoms with Crippen LogP contribution in [-0.2, 0) is 0 Å².